The topological polar surface area (TPSA) is 50.8 Å². The first-order chi connectivity index (χ1) is 12.8. The SMILES string of the molecule is COc1ccccc1C(CNC(=O)C(C)Oc1ccc(F)cc1Br)N(C)C. The first-order valence-corrected chi connectivity index (χ1v) is 9.31. The fourth-order valence-electron chi connectivity index (χ4n) is 2.67. The van der Waals surface area contributed by atoms with Crippen molar-refractivity contribution in [1.29, 1.82) is 0 Å². The zero-order chi connectivity index (χ0) is 20.0. The average molecular weight is 439 g/mol. The van der Waals surface area contributed by atoms with Crippen molar-refractivity contribution in [3.8, 4) is 11.5 Å². The van der Waals surface area contributed by atoms with Crippen LogP contribution in [0.3, 0.4) is 0 Å². The molecular formula is C20H24BrFN2O3. The predicted molar refractivity (Wildman–Crippen MR) is 107 cm³/mol. The molecule has 0 aliphatic carbocycles. The molecule has 2 rings (SSSR count). The first-order valence-electron chi connectivity index (χ1n) is 8.52. The second-order valence-electron chi connectivity index (χ2n) is 6.30. The lowest BCUT2D eigenvalue weighted by molar-refractivity contribution is -0.127. The number of carbonyl (C=O) groups excluding carboxylic acids is 1. The van der Waals surface area contributed by atoms with E-state index in [1.54, 1.807) is 14.0 Å². The van der Waals surface area contributed by atoms with E-state index in [0.717, 1.165) is 11.3 Å². The van der Waals surface area contributed by atoms with Crippen molar-refractivity contribution in [1.82, 2.24) is 10.2 Å². The Labute approximate surface area is 167 Å². The van der Waals surface area contributed by atoms with E-state index in [1.807, 2.05) is 43.3 Å². The van der Waals surface area contributed by atoms with E-state index in [-0.39, 0.29) is 17.8 Å². The number of likely N-dealkylation sites (N-methyl/N-ethyl adjacent to an activating group) is 1. The number of para-hydroxylation sites is 1. The van der Waals surface area contributed by atoms with Crippen LogP contribution in [-0.4, -0.2) is 44.7 Å². The number of benzene rings is 2. The quantitative estimate of drug-likeness (QED) is 0.681. The lowest BCUT2D eigenvalue weighted by Gasteiger charge is -2.27. The van der Waals surface area contributed by atoms with Gasteiger partial charge in [0.25, 0.3) is 5.91 Å². The zero-order valence-corrected chi connectivity index (χ0v) is 17.4. The number of hydrogen-bond acceptors (Lipinski definition) is 4. The van der Waals surface area contributed by atoms with Gasteiger partial charge in [0.2, 0.25) is 0 Å². The van der Waals surface area contributed by atoms with Crippen LogP contribution in [0.5, 0.6) is 11.5 Å². The van der Waals surface area contributed by atoms with Gasteiger partial charge in [-0.05, 0) is 61.2 Å². The molecule has 146 valence electrons. The summed E-state index contributed by atoms with van der Waals surface area (Å²) in [5, 5.41) is 2.91. The van der Waals surface area contributed by atoms with Crippen molar-refractivity contribution < 1.29 is 18.7 Å². The van der Waals surface area contributed by atoms with Gasteiger partial charge in [-0.25, -0.2) is 4.39 Å². The molecule has 1 amide bonds. The number of ether oxygens (including phenoxy) is 2. The second-order valence-corrected chi connectivity index (χ2v) is 7.16. The highest BCUT2D eigenvalue weighted by Crippen LogP contribution is 2.28. The standard InChI is InChI=1S/C20H24BrFN2O3/c1-13(27-19-10-9-14(22)11-16(19)21)20(25)23-12-17(24(2)3)15-7-5-6-8-18(15)26-4/h5-11,13,17H,12H2,1-4H3,(H,23,25). The molecule has 7 heteroatoms. The van der Waals surface area contributed by atoms with Gasteiger partial charge < -0.3 is 19.7 Å². The normalized spacial score (nSPS) is 13.1. The highest BCUT2D eigenvalue weighted by molar-refractivity contribution is 9.10. The maximum atomic E-state index is 13.2. The smallest absolute Gasteiger partial charge is 0.260 e. The molecule has 2 unspecified atom stereocenters. The van der Waals surface area contributed by atoms with Gasteiger partial charge >= 0.3 is 0 Å². The van der Waals surface area contributed by atoms with Gasteiger partial charge in [-0.3, -0.25) is 4.79 Å². The van der Waals surface area contributed by atoms with E-state index in [0.29, 0.717) is 16.8 Å². The van der Waals surface area contributed by atoms with E-state index in [9.17, 15) is 9.18 Å². The van der Waals surface area contributed by atoms with E-state index in [1.165, 1.54) is 18.2 Å². The predicted octanol–water partition coefficient (Wildman–Crippen LogP) is 3.78. The number of carbonyl (C=O) groups is 1. The molecule has 0 fully saturated rings. The molecule has 0 radical (unpaired) electrons. The highest BCUT2D eigenvalue weighted by Gasteiger charge is 2.22. The summed E-state index contributed by atoms with van der Waals surface area (Å²) >= 11 is 3.24. The molecule has 2 atom stereocenters. The average Bonchev–Trinajstić information content (AvgIpc) is 2.64. The Morgan fingerprint density at radius 1 is 1.22 bits per heavy atom. The molecule has 0 saturated heterocycles. The van der Waals surface area contributed by atoms with Crippen molar-refractivity contribution in [3.63, 3.8) is 0 Å². The fraction of sp³-hybridized carbons (Fsp3) is 0.350. The number of halogens is 2. The number of rotatable bonds is 8. The highest BCUT2D eigenvalue weighted by atomic mass is 79.9. The van der Waals surface area contributed by atoms with Gasteiger partial charge in [-0.15, -0.1) is 0 Å². The Balaban J connectivity index is 2.03. The summed E-state index contributed by atoms with van der Waals surface area (Å²) in [7, 11) is 5.51. The second kappa shape index (κ2) is 9.71. The Morgan fingerprint density at radius 2 is 1.93 bits per heavy atom. The van der Waals surface area contributed by atoms with Gasteiger partial charge in [0, 0.05) is 12.1 Å². The maximum Gasteiger partial charge on any atom is 0.260 e. The van der Waals surface area contributed by atoms with E-state index < -0.39 is 6.10 Å². The summed E-state index contributed by atoms with van der Waals surface area (Å²) in [6.07, 6.45) is -0.729. The van der Waals surface area contributed by atoms with Crippen LogP contribution >= 0.6 is 15.9 Å². The molecule has 2 aromatic carbocycles. The van der Waals surface area contributed by atoms with E-state index in [4.69, 9.17) is 9.47 Å². The lowest BCUT2D eigenvalue weighted by atomic mass is 10.0. The Morgan fingerprint density at radius 3 is 2.56 bits per heavy atom. The molecule has 0 aliphatic rings. The van der Waals surface area contributed by atoms with E-state index >= 15 is 0 Å². The summed E-state index contributed by atoms with van der Waals surface area (Å²) < 4.78 is 24.7. The summed E-state index contributed by atoms with van der Waals surface area (Å²) in [4.78, 5) is 14.5. The van der Waals surface area contributed by atoms with Gasteiger partial charge in [0.1, 0.15) is 17.3 Å². The molecule has 1 N–H and O–H groups in total. The maximum absolute atomic E-state index is 13.2. The van der Waals surface area contributed by atoms with Gasteiger partial charge in [0.05, 0.1) is 17.6 Å². The number of hydrogen-bond donors (Lipinski definition) is 1. The summed E-state index contributed by atoms with van der Waals surface area (Å²) in [6, 6.07) is 11.7. The number of amides is 1. The molecule has 0 heterocycles. The molecule has 0 aliphatic heterocycles. The zero-order valence-electron chi connectivity index (χ0n) is 15.8. The van der Waals surface area contributed by atoms with Crippen molar-refractivity contribution in [2.75, 3.05) is 27.7 Å². The number of nitrogens with zero attached hydrogens (tertiary/aromatic N) is 1. The monoisotopic (exact) mass is 438 g/mol. The van der Waals surface area contributed by atoms with Crippen LogP contribution in [-0.2, 0) is 4.79 Å². The first kappa shape index (κ1) is 21.2. The molecule has 0 saturated carbocycles. The number of methoxy groups -OCH3 is 1. The minimum atomic E-state index is -0.729. The van der Waals surface area contributed by atoms with Crippen LogP contribution in [0.4, 0.5) is 4.39 Å². The molecule has 5 nitrogen and oxygen atoms in total. The summed E-state index contributed by atoms with van der Waals surface area (Å²) in [5.41, 5.74) is 0.986. The minimum absolute atomic E-state index is 0.0603. The van der Waals surface area contributed by atoms with Crippen LogP contribution in [0.2, 0.25) is 0 Å². The summed E-state index contributed by atoms with van der Waals surface area (Å²) in [5.74, 6) is 0.544. The molecular weight excluding hydrogens is 415 g/mol. The Bertz CT molecular complexity index is 786. The van der Waals surface area contributed by atoms with Gasteiger partial charge in [-0.1, -0.05) is 18.2 Å². The van der Waals surface area contributed by atoms with Crippen LogP contribution in [0, 0.1) is 5.82 Å². The van der Waals surface area contributed by atoms with Gasteiger partial charge in [-0.2, -0.15) is 0 Å². The number of nitrogens with one attached hydrogen (secondary N) is 1. The summed E-state index contributed by atoms with van der Waals surface area (Å²) in [6.45, 7) is 2.05. The van der Waals surface area contributed by atoms with Crippen molar-refractivity contribution in [2.45, 2.75) is 19.1 Å². The van der Waals surface area contributed by atoms with Crippen molar-refractivity contribution >= 4 is 21.8 Å². The van der Waals surface area contributed by atoms with Crippen LogP contribution in [0.1, 0.15) is 18.5 Å². The van der Waals surface area contributed by atoms with Crippen LogP contribution < -0.4 is 14.8 Å². The van der Waals surface area contributed by atoms with Crippen LogP contribution in [0.25, 0.3) is 0 Å². The van der Waals surface area contributed by atoms with Crippen molar-refractivity contribution in [3.05, 3.63) is 58.3 Å². The lowest BCUT2D eigenvalue weighted by Crippen LogP contribution is -2.41. The fourth-order valence-corrected chi connectivity index (χ4v) is 3.11. The third kappa shape index (κ3) is 5.68. The Kier molecular flexibility index (Phi) is 7.62. The van der Waals surface area contributed by atoms with Crippen molar-refractivity contribution in [2.24, 2.45) is 0 Å². The minimum Gasteiger partial charge on any atom is -0.496 e. The molecule has 0 aromatic heterocycles. The van der Waals surface area contributed by atoms with E-state index in [2.05, 4.69) is 21.2 Å². The Hall–Kier alpha value is -2.12. The third-order valence-corrected chi connectivity index (χ3v) is 4.78. The third-order valence-electron chi connectivity index (χ3n) is 4.16. The molecule has 2 aromatic rings. The molecule has 0 bridgehead atoms. The largest absolute Gasteiger partial charge is 0.496 e. The van der Waals surface area contributed by atoms with Gasteiger partial charge in [0.15, 0.2) is 6.10 Å². The van der Waals surface area contributed by atoms with Crippen LogP contribution in [0.15, 0.2) is 46.9 Å². The molecule has 27 heavy (non-hydrogen) atoms. The molecule has 0 spiro atoms.